The van der Waals surface area contributed by atoms with Gasteiger partial charge in [0.1, 0.15) is 5.75 Å². The number of hydrogen-bond acceptors (Lipinski definition) is 2. The van der Waals surface area contributed by atoms with E-state index in [2.05, 4.69) is 44.1 Å². The van der Waals surface area contributed by atoms with Gasteiger partial charge in [-0.1, -0.05) is 32.9 Å². The van der Waals surface area contributed by atoms with Crippen LogP contribution in [0.4, 0.5) is 0 Å². The van der Waals surface area contributed by atoms with E-state index in [0.717, 1.165) is 17.0 Å². The number of ether oxygens (including phenoxy) is 1. The molecule has 0 spiro atoms. The van der Waals surface area contributed by atoms with Crippen molar-refractivity contribution in [3.8, 4) is 17.0 Å². The molecule has 1 heterocycles. The van der Waals surface area contributed by atoms with Gasteiger partial charge in [0.25, 0.3) is 0 Å². The summed E-state index contributed by atoms with van der Waals surface area (Å²) in [5.74, 6) is 0.920. The van der Waals surface area contributed by atoms with Crippen molar-refractivity contribution in [2.24, 2.45) is 7.05 Å². The second kappa shape index (κ2) is 4.48. The maximum Gasteiger partial charge on any atom is 0.132 e. The summed E-state index contributed by atoms with van der Waals surface area (Å²) in [6, 6.07) is 8.24. The summed E-state index contributed by atoms with van der Waals surface area (Å²) >= 11 is 0. The normalized spacial score (nSPS) is 11.6. The minimum absolute atomic E-state index is 0.0517. The fourth-order valence-corrected chi connectivity index (χ4v) is 2.11. The molecule has 0 radical (unpaired) electrons. The molecule has 96 valence electrons. The highest BCUT2D eigenvalue weighted by molar-refractivity contribution is 5.69. The predicted molar refractivity (Wildman–Crippen MR) is 73.9 cm³/mol. The van der Waals surface area contributed by atoms with Gasteiger partial charge >= 0.3 is 0 Å². The van der Waals surface area contributed by atoms with Crippen LogP contribution in [-0.4, -0.2) is 16.9 Å². The molecular formula is C15H20N2O. The van der Waals surface area contributed by atoms with Crippen molar-refractivity contribution in [2.75, 3.05) is 7.11 Å². The average molecular weight is 244 g/mol. The monoisotopic (exact) mass is 244 g/mol. The number of para-hydroxylation sites is 1. The molecule has 3 heteroatoms. The van der Waals surface area contributed by atoms with Crippen LogP contribution in [0.15, 0.2) is 30.5 Å². The first-order valence-corrected chi connectivity index (χ1v) is 6.11. The lowest BCUT2D eigenvalue weighted by Crippen LogP contribution is -2.13. The molecule has 2 aromatic rings. The molecule has 0 fully saturated rings. The quantitative estimate of drug-likeness (QED) is 0.809. The average Bonchev–Trinajstić information content (AvgIpc) is 2.73. The third kappa shape index (κ3) is 2.26. The highest BCUT2D eigenvalue weighted by atomic mass is 16.5. The lowest BCUT2D eigenvalue weighted by molar-refractivity contribution is 0.399. The Hall–Kier alpha value is -1.77. The first kappa shape index (κ1) is 12.7. The zero-order valence-corrected chi connectivity index (χ0v) is 11.7. The maximum atomic E-state index is 5.62. The van der Waals surface area contributed by atoms with Gasteiger partial charge in [-0.3, -0.25) is 4.68 Å². The third-order valence-corrected chi connectivity index (χ3v) is 3.02. The maximum absolute atomic E-state index is 5.62. The molecule has 0 unspecified atom stereocenters. The number of aromatic nitrogens is 2. The van der Waals surface area contributed by atoms with E-state index in [1.54, 1.807) is 11.8 Å². The van der Waals surface area contributed by atoms with E-state index < -0.39 is 0 Å². The van der Waals surface area contributed by atoms with Crippen LogP contribution in [0.3, 0.4) is 0 Å². The van der Waals surface area contributed by atoms with Crippen LogP contribution in [0.25, 0.3) is 11.3 Å². The van der Waals surface area contributed by atoms with E-state index in [9.17, 15) is 0 Å². The number of rotatable bonds is 2. The highest BCUT2D eigenvalue weighted by Crippen LogP contribution is 2.38. The van der Waals surface area contributed by atoms with E-state index >= 15 is 0 Å². The van der Waals surface area contributed by atoms with Gasteiger partial charge in [-0.15, -0.1) is 0 Å². The van der Waals surface area contributed by atoms with E-state index in [-0.39, 0.29) is 5.41 Å². The van der Waals surface area contributed by atoms with Gasteiger partial charge < -0.3 is 4.74 Å². The minimum atomic E-state index is 0.0517. The lowest BCUT2D eigenvalue weighted by Gasteiger charge is -2.23. The molecule has 0 aliphatic carbocycles. The molecular weight excluding hydrogens is 224 g/mol. The Bertz CT molecular complexity index is 550. The summed E-state index contributed by atoms with van der Waals surface area (Å²) in [5.41, 5.74) is 3.25. The Balaban J connectivity index is 2.62. The lowest BCUT2D eigenvalue weighted by atomic mass is 9.85. The zero-order chi connectivity index (χ0) is 13.3. The predicted octanol–water partition coefficient (Wildman–Crippen LogP) is 3.39. The zero-order valence-electron chi connectivity index (χ0n) is 11.7. The van der Waals surface area contributed by atoms with Crippen LogP contribution in [0.5, 0.6) is 5.75 Å². The third-order valence-electron chi connectivity index (χ3n) is 3.02. The summed E-state index contributed by atoms with van der Waals surface area (Å²) in [5, 5.41) is 4.45. The number of nitrogens with zero attached hydrogens (tertiary/aromatic N) is 2. The molecule has 0 saturated carbocycles. The van der Waals surface area contributed by atoms with Crippen molar-refractivity contribution in [1.82, 2.24) is 9.78 Å². The largest absolute Gasteiger partial charge is 0.496 e. The Morgan fingerprint density at radius 3 is 2.39 bits per heavy atom. The molecule has 18 heavy (non-hydrogen) atoms. The Kier molecular flexibility index (Phi) is 3.16. The molecule has 1 aromatic heterocycles. The van der Waals surface area contributed by atoms with Gasteiger partial charge in [0.15, 0.2) is 0 Å². The van der Waals surface area contributed by atoms with Crippen molar-refractivity contribution in [2.45, 2.75) is 26.2 Å². The number of benzene rings is 1. The first-order valence-electron chi connectivity index (χ1n) is 6.11. The molecule has 0 aliphatic rings. The van der Waals surface area contributed by atoms with Crippen molar-refractivity contribution >= 4 is 0 Å². The van der Waals surface area contributed by atoms with Gasteiger partial charge in [0.2, 0.25) is 0 Å². The van der Waals surface area contributed by atoms with E-state index in [1.807, 2.05) is 19.3 Å². The van der Waals surface area contributed by atoms with Crippen LogP contribution in [0, 0.1) is 0 Å². The Labute approximate surface area is 108 Å². The highest BCUT2D eigenvalue weighted by Gasteiger charge is 2.21. The molecule has 0 aliphatic heterocycles. The van der Waals surface area contributed by atoms with Gasteiger partial charge in [-0.05, 0) is 17.5 Å². The fourth-order valence-electron chi connectivity index (χ4n) is 2.11. The second-order valence-electron chi connectivity index (χ2n) is 5.51. The topological polar surface area (TPSA) is 27.1 Å². The summed E-state index contributed by atoms with van der Waals surface area (Å²) in [6.07, 6.45) is 1.94. The molecule has 0 saturated heterocycles. The van der Waals surface area contributed by atoms with Crippen molar-refractivity contribution < 1.29 is 4.74 Å². The molecule has 3 nitrogen and oxygen atoms in total. The van der Waals surface area contributed by atoms with Crippen molar-refractivity contribution in [3.05, 3.63) is 36.0 Å². The molecule has 2 rings (SSSR count). The molecule has 0 N–H and O–H groups in total. The minimum Gasteiger partial charge on any atom is -0.496 e. The Morgan fingerprint density at radius 2 is 1.89 bits per heavy atom. The van der Waals surface area contributed by atoms with Crippen molar-refractivity contribution in [1.29, 1.82) is 0 Å². The number of methoxy groups -OCH3 is 1. The van der Waals surface area contributed by atoms with Crippen LogP contribution in [-0.2, 0) is 12.5 Å². The van der Waals surface area contributed by atoms with E-state index in [0.29, 0.717) is 0 Å². The summed E-state index contributed by atoms with van der Waals surface area (Å²) in [6.45, 7) is 6.56. The summed E-state index contributed by atoms with van der Waals surface area (Å²) in [7, 11) is 3.64. The van der Waals surface area contributed by atoms with Gasteiger partial charge in [0, 0.05) is 24.4 Å². The number of hydrogen-bond donors (Lipinski definition) is 0. The van der Waals surface area contributed by atoms with Crippen LogP contribution >= 0.6 is 0 Å². The van der Waals surface area contributed by atoms with Crippen molar-refractivity contribution in [3.63, 3.8) is 0 Å². The van der Waals surface area contributed by atoms with Gasteiger partial charge in [-0.2, -0.15) is 5.10 Å². The smallest absolute Gasteiger partial charge is 0.132 e. The number of aryl methyl sites for hydroxylation is 1. The molecule has 0 amide bonds. The van der Waals surface area contributed by atoms with Gasteiger partial charge in [-0.25, -0.2) is 0 Å². The second-order valence-corrected chi connectivity index (χ2v) is 5.51. The van der Waals surface area contributed by atoms with E-state index in [1.165, 1.54) is 5.56 Å². The standard InChI is InChI=1S/C15H20N2O/c1-15(2,3)12-8-6-7-11(14(12)18-5)13-9-10-17(4)16-13/h6-10H,1-5H3. The summed E-state index contributed by atoms with van der Waals surface area (Å²) in [4.78, 5) is 0. The van der Waals surface area contributed by atoms with Crippen LogP contribution < -0.4 is 4.74 Å². The van der Waals surface area contributed by atoms with Crippen LogP contribution in [0.2, 0.25) is 0 Å². The molecule has 0 bridgehead atoms. The first-order chi connectivity index (χ1) is 8.43. The SMILES string of the molecule is COc1c(-c2ccn(C)n2)cccc1C(C)(C)C. The van der Waals surface area contributed by atoms with Gasteiger partial charge in [0.05, 0.1) is 12.8 Å². The molecule has 0 atom stereocenters. The fraction of sp³-hybridized carbons (Fsp3) is 0.400. The Morgan fingerprint density at radius 1 is 1.17 bits per heavy atom. The summed E-state index contributed by atoms with van der Waals surface area (Å²) < 4.78 is 7.42. The molecule has 1 aromatic carbocycles. The van der Waals surface area contributed by atoms with Crippen LogP contribution in [0.1, 0.15) is 26.3 Å². The van der Waals surface area contributed by atoms with E-state index in [4.69, 9.17) is 4.74 Å².